The van der Waals surface area contributed by atoms with Crippen molar-refractivity contribution in [1.29, 1.82) is 0 Å². The van der Waals surface area contributed by atoms with Crippen LogP contribution in [0.25, 0.3) is 42.7 Å². The summed E-state index contributed by atoms with van der Waals surface area (Å²) in [4.78, 5) is 39.9. The molecule has 0 bridgehead atoms. The standard InChI is InChI=1S/C29H22Br2N4O2S2/c1-16-22(18-4-8-20(30)9-5-18)24-26(38-16)32-14-34(28(24)36)12-3-13-35-15-33-27-25(29(35)37)23(17(2)39-27)19-6-10-21(31)11-7-19/h4-11,14-15H,3,12-13H2,1-2H3. The Labute approximate surface area is 248 Å². The lowest BCUT2D eigenvalue weighted by molar-refractivity contribution is 0.539. The van der Waals surface area contributed by atoms with Gasteiger partial charge < -0.3 is 0 Å². The second-order valence-corrected chi connectivity index (χ2v) is 13.5. The summed E-state index contributed by atoms with van der Waals surface area (Å²) in [7, 11) is 0. The maximum atomic E-state index is 13.6. The van der Waals surface area contributed by atoms with Crippen LogP contribution in [0, 0.1) is 13.8 Å². The molecule has 0 saturated carbocycles. The van der Waals surface area contributed by atoms with Crippen molar-refractivity contribution in [1.82, 2.24) is 19.1 Å². The Morgan fingerprint density at radius 3 is 1.44 bits per heavy atom. The summed E-state index contributed by atoms with van der Waals surface area (Å²) in [5.41, 5.74) is 3.75. The number of aryl methyl sites for hydroxylation is 4. The van der Waals surface area contributed by atoms with Crippen molar-refractivity contribution in [3.8, 4) is 22.3 Å². The molecule has 0 fully saturated rings. The molecule has 6 nitrogen and oxygen atoms in total. The van der Waals surface area contributed by atoms with E-state index in [1.54, 1.807) is 21.8 Å². The first-order valence-electron chi connectivity index (χ1n) is 12.3. The van der Waals surface area contributed by atoms with Gasteiger partial charge in [0.25, 0.3) is 11.1 Å². The summed E-state index contributed by atoms with van der Waals surface area (Å²) in [5, 5.41) is 1.30. The highest BCUT2D eigenvalue weighted by Gasteiger charge is 2.18. The Hall–Kier alpha value is -2.92. The average Bonchev–Trinajstić information content (AvgIpc) is 3.44. The Morgan fingerprint density at radius 1 is 0.667 bits per heavy atom. The molecular formula is C29H22Br2N4O2S2. The summed E-state index contributed by atoms with van der Waals surface area (Å²) in [6.45, 7) is 4.95. The lowest BCUT2D eigenvalue weighted by atomic mass is 10.0. The fourth-order valence-corrected chi connectivity index (χ4v) is 7.47. The number of halogens is 2. The normalized spacial score (nSPS) is 11.6. The molecule has 4 aromatic heterocycles. The molecule has 4 heterocycles. The van der Waals surface area contributed by atoms with E-state index in [1.165, 1.54) is 22.7 Å². The Morgan fingerprint density at radius 2 is 1.05 bits per heavy atom. The van der Waals surface area contributed by atoms with E-state index in [-0.39, 0.29) is 11.1 Å². The van der Waals surface area contributed by atoms with Crippen molar-refractivity contribution >= 4 is 75.0 Å². The van der Waals surface area contributed by atoms with Gasteiger partial charge in [0.1, 0.15) is 9.66 Å². The van der Waals surface area contributed by atoms with Crippen LogP contribution in [0.3, 0.4) is 0 Å². The third-order valence-corrected chi connectivity index (χ3v) is 9.86. The lowest BCUT2D eigenvalue weighted by Crippen LogP contribution is -2.24. The van der Waals surface area contributed by atoms with Gasteiger partial charge in [-0.25, -0.2) is 9.97 Å². The van der Waals surface area contributed by atoms with E-state index in [4.69, 9.17) is 0 Å². The van der Waals surface area contributed by atoms with Crippen molar-refractivity contribution < 1.29 is 0 Å². The maximum Gasteiger partial charge on any atom is 0.262 e. The van der Waals surface area contributed by atoms with Gasteiger partial charge in [-0.3, -0.25) is 18.7 Å². The second-order valence-electron chi connectivity index (χ2n) is 9.28. The molecule has 196 valence electrons. The quantitative estimate of drug-likeness (QED) is 0.180. The van der Waals surface area contributed by atoms with Gasteiger partial charge >= 0.3 is 0 Å². The number of benzene rings is 2. The summed E-state index contributed by atoms with van der Waals surface area (Å²) in [5.74, 6) is 0. The molecule has 0 aliphatic heterocycles. The van der Waals surface area contributed by atoms with E-state index >= 15 is 0 Å². The predicted molar refractivity (Wildman–Crippen MR) is 168 cm³/mol. The Bertz CT molecular complexity index is 1830. The Balaban J connectivity index is 1.30. The molecule has 0 amide bonds. The fraction of sp³-hybridized carbons (Fsp3) is 0.172. The first-order chi connectivity index (χ1) is 18.8. The highest BCUT2D eigenvalue weighted by Crippen LogP contribution is 2.37. The van der Waals surface area contributed by atoms with Crippen LogP contribution in [-0.4, -0.2) is 19.1 Å². The van der Waals surface area contributed by atoms with E-state index < -0.39 is 0 Å². The zero-order valence-electron chi connectivity index (χ0n) is 21.1. The van der Waals surface area contributed by atoms with Gasteiger partial charge in [-0.15, -0.1) is 22.7 Å². The number of fused-ring (bicyclic) bond motifs is 2. The van der Waals surface area contributed by atoms with E-state index in [2.05, 4.69) is 41.8 Å². The first-order valence-corrected chi connectivity index (χ1v) is 15.5. The summed E-state index contributed by atoms with van der Waals surface area (Å²) < 4.78 is 5.28. The fourth-order valence-electron chi connectivity index (χ4n) is 4.93. The molecule has 39 heavy (non-hydrogen) atoms. The van der Waals surface area contributed by atoms with Crippen molar-refractivity contribution in [3.63, 3.8) is 0 Å². The zero-order chi connectivity index (χ0) is 27.3. The third kappa shape index (κ3) is 4.84. The minimum Gasteiger partial charge on any atom is -0.299 e. The molecule has 0 spiro atoms. The van der Waals surface area contributed by atoms with Crippen LogP contribution >= 0.6 is 54.5 Å². The molecule has 6 rings (SSSR count). The van der Waals surface area contributed by atoms with Gasteiger partial charge in [0.2, 0.25) is 0 Å². The van der Waals surface area contributed by atoms with Crippen molar-refractivity contribution in [2.45, 2.75) is 33.4 Å². The minimum atomic E-state index is -0.0609. The number of rotatable bonds is 6. The van der Waals surface area contributed by atoms with E-state index in [0.29, 0.717) is 30.3 Å². The van der Waals surface area contributed by atoms with E-state index in [9.17, 15) is 9.59 Å². The highest BCUT2D eigenvalue weighted by atomic mass is 79.9. The van der Waals surface area contributed by atoms with Crippen molar-refractivity contribution in [2.24, 2.45) is 0 Å². The molecule has 0 N–H and O–H groups in total. The number of hydrogen-bond acceptors (Lipinski definition) is 6. The first kappa shape index (κ1) is 26.3. The highest BCUT2D eigenvalue weighted by molar-refractivity contribution is 9.10. The molecule has 0 saturated heterocycles. The van der Waals surface area contributed by atoms with Crippen LogP contribution in [0.2, 0.25) is 0 Å². The summed E-state index contributed by atoms with van der Waals surface area (Å²) in [6.07, 6.45) is 3.82. The minimum absolute atomic E-state index is 0.0609. The number of thiophene rings is 2. The molecule has 0 unspecified atom stereocenters. The van der Waals surface area contributed by atoms with Gasteiger partial charge in [-0.1, -0.05) is 56.1 Å². The lowest BCUT2D eigenvalue weighted by Gasteiger charge is -2.09. The molecule has 0 aliphatic rings. The predicted octanol–water partition coefficient (Wildman–Crippen LogP) is 7.80. The summed E-state index contributed by atoms with van der Waals surface area (Å²) in [6, 6.07) is 16.0. The molecule has 2 aromatic carbocycles. The topological polar surface area (TPSA) is 69.8 Å². The number of aromatic nitrogens is 4. The monoisotopic (exact) mass is 680 g/mol. The number of nitrogens with zero attached hydrogens (tertiary/aromatic N) is 4. The third-order valence-electron chi connectivity index (χ3n) is 6.77. The molecule has 6 aromatic rings. The molecule has 0 radical (unpaired) electrons. The average molecular weight is 682 g/mol. The van der Waals surface area contributed by atoms with E-state index in [0.717, 1.165) is 50.6 Å². The van der Waals surface area contributed by atoms with Gasteiger partial charge in [0.15, 0.2) is 0 Å². The van der Waals surface area contributed by atoms with Crippen LogP contribution in [0.4, 0.5) is 0 Å². The maximum absolute atomic E-state index is 13.6. The SMILES string of the molecule is Cc1sc2ncn(CCCn3cnc4sc(C)c(-c5ccc(Br)cc5)c4c3=O)c(=O)c2c1-c1ccc(Br)cc1. The van der Waals surface area contributed by atoms with Crippen LogP contribution in [0.1, 0.15) is 16.2 Å². The van der Waals surface area contributed by atoms with Crippen LogP contribution < -0.4 is 11.1 Å². The largest absolute Gasteiger partial charge is 0.299 e. The smallest absolute Gasteiger partial charge is 0.262 e. The van der Waals surface area contributed by atoms with Gasteiger partial charge in [-0.2, -0.15) is 0 Å². The Kier molecular flexibility index (Phi) is 7.13. The molecule has 10 heteroatoms. The molecule has 0 atom stereocenters. The zero-order valence-corrected chi connectivity index (χ0v) is 25.9. The van der Waals surface area contributed by atoms with Gasteiger partial charge in [0, 0.05) is 42.9 Å². The van der Waals surface area contributed by atoms with Crippen molar-refractivity contribution in [3.05, 3.63) is 101 Å². The van der Waals surface area contributed by atoms with Gasteiger partial charge in [0.05, 0.1) is 23.4 Å². The van der Waals surface area contributed by atoms with Gasteiger partial charge in [-0.05, 0) is 55.7 Å². The van der Waals surface area contributed by atoms with Crippen molar-refractivity contribution in [2.75, 3.05) is 0 Å². The van der Waals surface area contributed by atoms with Crippen LogP contribution in [0.15, 0.2) is 79.7 Å². The molecule has 0 aliphatic carbocycles. The van der Waals surface area contributed by atoms with E-state index in [1.807, 2.05) is 62.4 Å². The van der Waals surface area contributed by atoms with Crippen LogP contribution in [-0.2, 0) is 13.1 Å². The second kappa shape index (κ2) is 10.6. The molecular weight excluding hydrogens is 660 g/mol. The summed E-state index contributed by atoms with van der Waals surface area (Å²) >= 11 is 10.0. The van der Waals surface area contributed by atoms with Crippen LogP contribution in [0.5, 0.6) is 0 Å². The number of hydrogen-bond donors (Lipinski definition) is 0.